The number of hydrogen-bond donors (Lipinski definition) is 0. The van der Waals surface area contributed by atoms with Crippen LogP contribution in [0.1, 0.15) is 0 Å². The smallest absolute Gasteiger partial charge is 0.258 e. The lowest BCUT2D eigenvalue weighted by Gasteiger charge is -2.02. The normalized spacial score (nSPS) is 10.5. The highest BCUT2D eigenvalue weighted by molar-refractivity contribution is 5.53. The van der Waals surface area contributed by atoms with Crippen molar-refractivity contribution < 1.29 is 9.31 Å². The van der Waals surface area contributed by atoms with Gasteiger partial charge in [0.1, 0.15) is 11.4 Å². The summed E-state index contributed by atoms with van der Waals surface area (Å²) in [6.07, 6.45) is 3.22. The first kappa shape index (κ1) is 12.9. The van der Waals surface area contributed by atoms with Gasteiger partial charge in [-0.15, -0.1) is 0 Å². The summed E-state index contributed by atoms with van der Waals surface area (Å²) >= 11 is 0. The fraction of sp³-hybridized carbons (Fsp3) is 0. The van der Waals surface area contributed by atoms with E-state index >= 15 is 0 Å². The molecule has 0 fully saturated rings. The Bertz CT molecular complexity index is 802. The standard InChI is InChI=1S/C14H9FN4O2/c15-11-9-10(19(20)21)4-5-14(11)18-8-6-13(17-18)12-3-1-2-7-16-12/h1-9H. The van der Waals surface area contributed by atoms with Crippen LogP contribution in [-0.4, -0.2) is 19.7 Å². The highest BCUT2D eigenvalue weighted by Crippen LogP contribution is 2.21. The SMILES string of the molecule is O=[N+]([O-])c1ccc(-n2ccc(-c3ccccn3)n2)c(F)c1. The van der Waals surface area contributed by atoms with Gasteiger partial charge in [0, 0.05) is 18.5 Å². The predicted molar refractivity (Wildman–Crippen MR) is 73.4 cm³/mol. The minimum atomic E-state index is -0.708. The summed E-state index contributed by atoms with van der Waals surface area (Å²) in [6.45, 7) is 0. The molecule has 104 valence electrons. The van der Waals surface area contributed by atoms with Gasteiger partial charge in [0.25, 0.3) is 5.69 Å². The number of benzene rings is 1. The van der Waals surface area contributed by atoms with Crippen LogP contribution in [0.4, 0.5) is 10.1 Å². The van der Waals surface area contributed by atoms with Gasteiger partial charge in [0.15, 0.2) is 5.82 Å². The number of rotatable bonds is 3. The number of nitro benzene ring substituents is 1. The molecule has 1 aromatic carbocycles. The van der Waals surface area contributed by atoms with E-state index in [2.05, 4.69) is 10.1 Å². The van der Waals surface area contributed by atoms with E-state index in [1.807, 2.05) is 6.07 Å². The van der Waals surface area contributed by atoms with Gasteiger partial charge in [-0.25, -0.2) is 9.07 Å². The largest absolute Gasteiger partial charge is 0.272 e. The quantitative estimate of drug-likeness (QED) is 0.547. The molecule has 2 heterocycles. The molecule has 0 atom stereocenters. The Morgan fingerprint density at radius 3 is 2.67 bits per heavy atom. The molecule has 0 N–H and O–H groups in total. The second kappa shape index (κ2) is 5.12. The maximum Gasteiger partial charge on any atom is 0.272 e. The van der Waals surface area contributed by atoms with Crippen LogP contribution < -0.4 is 0 Å². The molecule has 7 heteroatoms. The van der Waals surface area contributed by atoms with Crippen LogP contribution in [0, 0.1) is 15.9 Å². The van der Waals surface area contributed by atoms with Gasteiger partial charge in [-0.2, -0.15) is 5.10 Å². The lowest BCUT2D eigenvalue weighted by atomic mass is 10.2. The molecule has 0 saturated carbocycles. The first-order valence-electron chi connectivity index (χ1n) is 6.06. The molecule has 0 aliphatic carbocycles. The number of hydrogen-bond acceptors (Lipinski definition) is 4. The van der Waals surface area contributed by atoms with Crippen LogP contribution in [0.5, 0.6) is 0 Å². The fourth-order valence-electron chi connectivity index (χ4n) is 1.90. The molecule has 0 amide bonds. The number of halogens is 1. The Morgan fingerprint density at radius 2 is 2.00 bits per heavy atom. The van der Waals surface area contributed by atoms with Crippen molar-refractivity contribution in [3.05, 3.63) is 70.8 Å². The van der Waals surface area contributed by atoms with Gasteiger partial charge in [-0.1, -0.05) is 6.07 Å². The van der Waals surface area contributed by atoms with Gasteiger partial charge in [0.05, 0.1) is 16.7 Å². The molecule has 6 nitrogen and oxygen atoms in total. The van der Waals surface area contributed by atoms with Gasteiger partial charge in [-0.05, 0) is 24.3 Å². The van der Waals surface area contributed by atoms with Gasteiger partial charge in [-0.3, -0.25) is 15.1 Å². The zero-order valence-electron chi connectivity index (χ0n) is 10.7. The molecule has 21 heavy (non-hydrogen) atoms. The summed E-state index contributed by atoms with van der Waals surface area (Å²) in [5.41, 5.74) is 1.10. The second-order valence-corrected chi connectivity index (χ2v) is 4.25. The van der Waals surface area contributed by atoms with E-state index < -0.39 is 10.7 Å². The lowest BCUT2D eigenvalue weighted by Crippen LogP contribution is -2.00. The van der Waals surface area contributed by atoms with Crippen LogP contribution in [0.15, 0.2) is 54.9 Å². The first-order valence-corrected chi connectivity index (χ1v) is 6.06. The molecule has 0 bridgehead atoms. The summed E-state index contributed by atoms with van der Waals surface area (Å²) in [6, 6.07) is 10.5. The third kappa shape index (κ3) is 2.48. The van der Waals surface area contributed by atoms with Gasteiger partial charge in [0.2, 0.25) is 0 Å². The van der Waals surface area contributed by atoms with Crippen LogP contribution >= 0.6 is 0 Å². The van der Waals surface area contributed by atoms with Crippen molar-refractivity contribution in [2.24, 2.45) is 0 Å². The average Bonchev–Trinajstić information content (AvgIpc) is 2.97. The number of non-ortho nitro benzene ring substituents is 1. The third-order valence-electron chi connectivity index (χ3n) is 2.91. The minimum Gasteiger partial charge on any atom is -0.258 e. The summed E-state index contributed by atoms with van der Waals surface area (Å²) in [5.74, 6) is -0.708. The van der Waals surface area contributed by atoms with E-state index in [1.54, 1.807) is 30.6 Å². The maximum absolute atomic E-state index is 13.9. The minimum absolute atomic E-state index is 0.141. The fourth-order valence-corrected chi connectivity index (χ4v) is 1.90. The molecule has 0 saturated heterocycles. The van der Waals surface area contributed by atoms with Gasteiger partial charge < -0.3 is 0 Å². The van der Waals surface area contributed by atoms with Crippen LogP contribution in [0.25, 0.3) is 17.1 Å². The Hall–Kier alpha value is -3.09. The number of pyridine rings is 1. The van der Waals surface area contributed by atoms with Crippen molar-refractivity contribution in [3.8, 4) is 17.1 Å². The summed E-state index contributed by atoms with van der Waals surface area (Å²) in [4.78, 5) is 14.1. The Labute approximate surface area is 118 Å². The van der Waals surface area contributed by atoms with Crippen LogP contribution in [-0.2, 0) is 0 Å². The van der Waals surface area contributed by atoms with E-state index in [-0.39, 0.29) is 11.4 Å². The Balaban J connectivity index is 1.99. The average molecular weight is 284 g/mol. The number of nitro groups is 1. The molecular weight excluding hydrogens is 275 g/mol. The van der Waals surface area contributed by atoms with E-state index in [0.29, 0.717) is 11.4 Å². The Kier molecular flexibility index (Phi) is 3.15. The zero-order chi connectivity index (χ0) is 14.8. The van der Waals surface area contributed by atoms with Crippen molar-refractivity contribution in [2.45, 2.75) is 0 Å². The van der Waals surface area contributed by atoms with Crippen LogP contribution in [0.2, 0.25) is 0 Å². The van der Waals surface area contributed by atoms with E-state index in [9.17, 15) is 14.5 Å². The Morgan fingerprint density at radius 1 is 1.14 bits per heavy atom. The van der Waals surface area contributed by atoms with E-state index in [1.165, 1.54) is 16.8 Å². The number of nitrogens with zero attached hydrogens (tertiary/aromatic N) is 4. The molecule has 2 aromatic heterocycles. The molecule has 0 spiro atoms. The van der Waals surface area contributed by atoms with Crippen molar-refractivity contribution >= 4 is 5.69 Å². The molecule has 3 aromatic rings. The van der Waals surface area contributed by atoms with E-state index in [4.69, 9.17) is 0 Å². The van der Waals surface area contributed by atoms with Gasteiger partial charge >= 0.3 is 0 Å². The van der Waals surface area contributed by atoms with Crippen molar-refractivity contribution in [2.75, 3.05) is 0 Å². The molecule has 0 aliphatic heterocycles. The van der Waals surface area contributed by atoms with Crippen molar-refractivity contribution in [1.29, 1.82) is 0 Å². The lowest BCUT2D eigenvalue weighted by molar-refractivity contribution is -0.385. The second-order valence-electron chi connectivity index (χ2n) is 4.25. The monoisotopic (exact) mass is 284 g/mol. The summed E-state index contributed by atoms with van der Waals surface area (Å²) in [5, 5.41) is 14.8. The summed E-state index contributed by atoms with van der Waals surface area (Å²) < 4.78 is 15.2. The maximum atomic E-state index is 13.9. The number of aromatic nitrogens is 3. The molecular formula is C14H9FN4O2. The highest BCUT2D eigenvalue weighted by atomic mass is 19.1. The van der Waals surface area contributed by atoms with Crippen molar-refractivity contribution in [1.82, 2.24) is 14.8 Å². The molecule has 3 rings (SSSR count). The first-order chi connectivity index (χ1) is 10.1. The predicted octanol–water partition coefficient (Wildman–Crippen LogP) is 2.98. The topological polar surface area (TPSA) is 73.8 Å². The third-order valence-corrected chi connectivity index (χ3v) is 2.91. The summed E-state index contributed by atoms with van der Waals surface area (Å²) in [7, 11) is 0. The zero-order valence-corrected chi connectivity index (χ0v) is 10.7. The van der Waals surface area contributed by atoms with Crippen LogP contribution in [0.3, 0.4) is 0 Å². The van der Waals surface area contributed by atoms with Crippen molar-refractivity contribution in [3.63, 3.8) is 0 Å². The highest BCUT2D eigenvalue weighted by Gasteiger charge is 2.13. The molecule has 0 aliphatic rings. The molecule has 0 radical (unpaired) electrons. The van der Waals surface area contributed by atoms with E-state index in [0.717, 1.165) is 6.07 Å². The molecule has 0 unspecified atom stereocenters.